The molecule has 5 fully saturated rings. The first-order chi connectivity index (χ1) is 9.19. The highest BCUT2D eigenvalue weighted by Gasteiger charge is 2.78. The monoisotopic (exact) mass is 261 g/mol. The second kappa shape index (κ2) is 3.07. The zero-order valence-corrected chi connectivity index (χ0v) is 10.9. The quantitative estimate of drug-likeness (QED) is 0.768. The van der Waals surface area contributed by atoms with Gasteiger partial charge in [-0.1, -0.05) is 6.08 Å². The lowest BCUT2D eigenvalue weighted by Gasteiger charge is -2.38. The average Bonchev–Trinajstić information content (AvgIpc) is 2.88. The molecule has 3 aliphatic carbocycles. The van der Waals surface area contributed by atoms with Crippen LogP contribution in [0, 0.1) is 23.7 Å². The van der Waals surface area contributed by atoms with E-state index in [1.807, 2.05) is 6.08 Å². The Kier molecular flexibility index (Phi) is 1.75. The number of carbonyl (C=O) groups excluding carboxylic acids is 1. The summed E-state index contributed by atoms with van der Waals surface area (Å²) in [5.74, 6) is 1.09. The first kappa shape index (κ1) is 10.9. The van der Waals surface area contributed by atoms with Crippen LogP contribution in [0.2, 0.25) is 0 Å². The number of fused-ring (bicyclic) bond motifs is 2. The molecule has 3 saturated carbocycles. The van der Waals surface area contributed by atoms with Gasteiger partial charge < -0.3 is 14.7 Å². The Hall–Kier alpha value is -0.870. The van der Waals surface area contributed by atoms with Crippen LogP contribution in [0.25, 0.3) is 0 Å². The van der Waals surface area contributed by atoms with Gasteiger partial charge in [0.2, 0.25) is 5.91 Å². The number of ether oxygens (including phenoxy) is 1. The summed E-state index contributed by atoms with van der Waals surface area (Å²) in [7, 11) is 0. The maximum atomic E-state index is 12.8. The van der Waals surface area contributed by atoms with Crippen LogP contribution in [0.5, 0.6) is 0 Å². The van der Waals surface area contributed by atoms with Crippen molar-refractivity contribution in [1.82, 2.24) is 4.90 Å². The molecule has 1 amide bonds. The van der Waals surface area contributed by atoms with Crippen LogP contribution < -0.4 is 0 Å². The number of rotatable bonds is 3. The van der Waals surface area contributed by atoms with Crippen LogP contribution >= 0.6 is 0 Å². The van der Waals surface area contributed by atoms with E-state index in [0.717, 1.165) is 19.3 Å². The SMILES string of the molecule is C=CCC12OC3C(O)C4CC3C1C4C(=O)N2C1CC1. The number of hydrogen-bond donors (Lipinski definition) is 1. The Bertz CT molecular complexity index is 488. The van der Waals surface area contributed by atoms with Crippen LogP contribution in [0.15, 0.2) is 12.7 Å². The van der Waals surface area contributed by atoms with Gasteiger partial charge in [-0.15, -0.1) is 6.58 Å². The molecule has 0 aromatic heterocycles. The van der Waals surface area contributed by atoms with E-state index in [4.69, 9.17) is 4.74 Å². The van der Waals surface area contributed by atoms with Crippen LogP contribution in [0.1, 0.15) is 25.7 Å². The van der Waals surface area contributed by atoms with E-state index in [0.29, 0.717) is 24.3 Å². The number of aliphatic hydroxyl groups is 1. The normalized spacial score (nSPS) is 57.3. The number of hydrogen-bond acceptors (Lipinski definition) is 3. The predicted octanol–water partition coefficient (Wildman–Crippen LogP) is 0.905. The van der Waals surface area contributed by atoms with E-state index in [-0.39, 0.29) is 23.8 Å². The van der Waals surface area contributed by atoms with Crippen molar-refractivity contribution in [2.45, 2.75) is 49.7 Å². The van der Waals surface area contributed by atoms with Gasteiger partial charge in [0.1, 0.15) is 0 Å². The molecule has 19 heavy (non-hydrogen) atoms. The van der Waals surface area contributed by atoms with E-state index in [2.05, 4.69) is 11.5 Å². The molecular formula is C15H19NO3. The first-order valence-corrected chi connectivity index (χ1v) is 7.49. The van der Waals surface area contributed by atoms with Gasteiger partial charge in [0.05, 0.1) is 18.1 Å². The Morgan fingerprint density at radius 3 is 2.95 bits per heavy atom. The summed E-state index contributed by atoms with van der Waals surface area (Å²) in [5.41, 5.74) is -0.466. The van der Waals surface area contributed by atoms with E-state index >= 15 is 0 Å². The highest BCUT2D eigenvalue weighted by atomic mass is 16.6. The molecule has 5 rings (SSSR count). The molecule has 1 N–H and O–H groups in total. The molecule has 4 nitrogen and oxygen atoms in total. The van der Waals surface area contributed by atoms with Crippen LogP contribution in [-0.2, 0) is 9.53 Å². The smallest absolute Gasteiger partial charge is 0.229 e. The van der Waals surface area contributed by atoms with Crippen LogP contribution in [0.4, 0.5) is 0 Å². The molecule has 7 unspecified atom stereocenters. The highest BCUT2D eigenvalue weighted by Crippen LogP contribution is 2.69. The Morgan fingerprint density at radius 1 is 1.47 bits per heavy atom. The van der Waals surface area contributed by atoms with Gasteiger partial charge in [0, 0.05) is 18.4 Å². The van der Waals surface area contributed by atoms with Gasteiger partial charge in [0.15, 0.2) is 5.72 Å². The van der Waals surface area contributed by atoms with Crippen molar-refractivity contribution in [3.05, 3.63) is 12.7 Å². The second-order valence-corrected chi connectivity index (χ2v) is 6.97. The number of carbonyl (C=O) groups is 1. The lowest BCUT2D eigenvalue weighted by Crippen LogP contribution is -2.51. The van der Waals surface area contributed by atoms with Crippen LogP contribution in [-0.4, -0.2) is 39.9 Å². The number of likely N-dealkylation sites (tertiary alicyclic amines) is 1. The van der Waals surface area contributed by atoms with Gasteiger partial charge in [-0.25, -0.2) is 0 Å². The molecule has 0 spiro atoms. The van der Waals surface area contributed by atoms with Gasteiger partial charge in [-0.3, -0.25) is 4.79 Å². The van der Waals surface area contributed by atoms with Crippen molar-refractivity contribution >= 4 is 5.91 Å². The molecule has 0 radical (unpaired) electrons. The summed E-state index contributed by atoms with van der Waals surface area (Å²) in [5, 5.41) is 10.3. The minimum absolute atomic E-state index is 0.0132. The maximum Gasteiger partial charge on any atom is 0.229 e. The van der Waals surface area contributed by atoms with Crippen LogP contribution in [0.3, 0.4) is 0 Å². The zero-order valence-electron chi connectivity index (χ0n) is 10.9. The lowest BCUT2D eigenvalue weighted by molar-refractivity contribution is -0.179. The van der Waals surface area contributed by atoms with E-state index < -0.39 is 11.8 Å². The van der Waals surface area contributed by atoms with Gasteiger partial charge in [-0.2, -0.15) is 0 Å². The van der Waals surface area contributed by atoms with Crippen molar-refractivity contribution in [2.75, 3.05) is 0 Å². The summed E-state index contributed by atoms with van der Waals surface area (Å²) >= 11 is 0. The molecule has 2 saturated heterocycles. The van der Waals surface area contributed by atoms with Gasteiger partial charge in [-0.05, 0) is 31.1 Å². The van der Waals surface area contributed by atoms with Gasteiger partial charge >= 0.3 is 0 Å². The van der Waals surface area contributed by atoms with Crippen molar-refractivity contribution in [2.24, 2.45) is 23.7 Å². The summed E-state index contributed by atoms with van der Waals surface area (Å²) < 4.78 is 6.34. The third kappa shape index (κ3) is 0.984. The molecule has 2 bridgehead atoms. The summed E-state index contributed by atoms with van der Waals surface area (Å²) in [4.78, 5) is 14.9. The first-order valence-electron chi connectivity index (χ1n) is 7.49. The summed E-state index contributed by atoms with van der Waals surface area (Å²) in [6.45, 7) is 3.87. The molecule has 2 heterocycles. The van der Waals surface area contributed by atoms with Gasteiger partial charge in [0.25, 0.3) is 0 Å². The Morgan fingerprint density at radius 2 is 2.26 bits per heavy atom. The molecule has 0 aromatic rings. The Labute approximate surface area is 112 Å². The van der Waals surface area contributed by atoms with Crippen molar-refractivity contribution in [1.29, 1.82) is 0 Å². The highest BCUT2D eigenvalue weighted by molar-refractivity contribution is 5.85. The molecule has 2 aliphatic heterocycles. The van der Waals surface area contributed by atoms with E-state index in [9.17, 15) is 9.90 Å². The lowest BCUT2D eigenvalue weighted by atomic mass is 9.76. The fourth-order valence-electron chi connectivity index (χ4n) is 5.63. The zero-order chi connectivity index (χ0) is 12.9. The second-order valence-electron chi connectivity index (χ2n) is 6.97. The summed E-state index contributed by atoms with van der Waals surface area (Å²) in [6, 6.07) is 0.383. The third-order valence-electron chi connectivity index (χ3n) is 6.19. The molecular weight excluding hydrogens is 242 g/mol. The van der Waals surface area contributed by atoms with E-state index in [1.165, 1.54) is 0 Å². The number of amides is 1. The molecule has 4 heteroatoms. The van der Waals surface area contributed by atoms with Crippen molar-refractivity contribution in [3.63, 3.8) is 0 Å². The molecule has 5 aliphatic rings. The maximum absolute atomic E-state index is 12.8. The molecule has 0 aromatic carbocycles. The van der Waals surface area contributed by atoms with Crippen molar-refractivity contribution in [3.8, 4) is 0 Å². The average molecular weight is 261 g/mol. The number of nitrogens with zero attached hydrogens (tertiary/aromatic N) is 1. The minimum atomic E-state index is -0.466. The van der Waals surface area contributed by atoms with Crippen molar-refractivity contribution < 1.29 is 14.6 Å². The Balaban J connectivity index is 1.67. The minimum Gasteiger partial charge on any atom is -0.390 e. The predicted molar refractivity (Wildman–Crippen MR) is 66.9 cm³/mol. The van der Waals surface area contributed by atoms with E-state index in [1.54, 1.807) is 0 Å². The number of aliphatic hydroxyl groups excluding tert-OH is 1. The molecule has 7 atom stereocenters. The fourth-order valence-corrected chi connectivity index (χ4v) is 5.63. The molecule has 102 valence electrons. The largest absolute Gasteiger partial charge is 0.390 e. The standard InChI is InChI=1S/C15H19NO3/c1-2-5-15-11-9-6-8(12(17)13(9)19-15)10(11)14(18)16(15)7-3-4-7/h2,7-13,17H,1,3-6H2. The topological polar surface area (TPSA) is 49.8 Å². The third-order valence-corrected chi connectivity index (χ3v) is 6.19. The summed E-state index contributed by atoms with van der Waals surface area (Å²) in [6.07, 6.45) is 5.32. The fraction of sp³-hybridized carbons (Fsp3) is 0.800.